The Hall–Kier alpha value is -4.01. The molecular formula is C26H30N6O3. The second kappa shape index (κ2) is 10.1. The highest BCUT2D eigenvalue weighted by atomic mass is 16.2. The Kier molecular flexibility index (Phi) is 6.95. The van der Waals surface area contributed by atoms with E-state index in [1.807, 2.05) is 62.0 Å². The van der Waals surface area contributed by atoms with Gasteiger partial charge in [0.2, 0.25) is 0 Å². The molecule has 0 bridgehead atoms. The molecular weight excluding hydrogens is 444 g/mol. The van der Waals surface area contributed by atoms with Gasteiger partial charge in [0.25, 0.3) is 11.5 Å². The van der Waals surface area contributed by atoms with Crippen molar-refractivity contribution in [2.24, 2.45) is 0 Å². The number of para-hydroxylation sites is 1. The Morgan fingerprint density at radius 1 is 1.17 bits per heavy atom. The van der Waals surface area contributed by atoms with E-state index in [9.17, 15) is 14.4 Å². The average molecular weight is 475 g/mol. The Labute approximate surface area is 202 Å². The monoisotopic (exact) mass is 474 g/mol. The molecule has 4 rings (SSSR count). The van der Waals surface area contributed by atoms with Gasteiger partial charge in [-0.15, -0.1) is 0 Å². The molecule has 0 fully saturated rings. The first-order valence-electron chi connectivity index (χ1n) is 11.9. The van der Waals surface area contributed by atoms with Crippen molar-refractivity contribution in [2.45, 2.75) is 53.0 Å². The number of hydrogen-bond acceptors (Lipinski definition) is 5. The number of carbonyl (C=O) groups excluding carboxylic acids is 1. The summed E-state index contributed by atoms with van der Waals surface area (Å²) in [6.07, 6.45) is 3.48. The maximum absolute atomic E-state index is 13.1. The van der Waals surface area contributed by atoms with Gasteiger partial charge in [-0.3, -0.25) is 19.1 Å². The standard InChI is InChI=1S/C26H30N6O3/c1-5-31-23-22(25(34)29-26(31)35)20(14-21(28-23)16(2)3)24(33)27-13-9-10-18-15-32(30-17(18)4)19-11-7-6-8-12-19/h6-8,11-12,14-16H,5,9-10,13H2,1-4H3,(H,27,33)(H,29,34,35). The van der Waals surface area contributed by atoms with Gasteiger partial charge < -0.3 is 5.32 Å². The summed E-state index contributed by atoms with van der Waals surface area (Å²) in [7, 11) is 0. The lowest BCUT2D eigenvalue weighted by Crippen LogP contribution is -2.33. The summed E-state index contributed by atoms with van der Waals surface area (Å²) >= 11 is 0. The second-order valence-corrected chi connectivity index (χ2v) is 8.83. The predicted molar refractivity (Wildman–Crippen MR) is 135 cm³/mol. The van der Waals surface area contributed by atoms with Crippen LogP contribution in [0.2, 0.25) is 0 Å². The molecule has 0 aliphatic rings. The topological polar surface area (TPSA) is 115 Å². The third-order valence-corrected chi connectivity index (χ3v) is 6.05. The van der Waals surface area contributed by atoms with Crippen molar-refractivity contribution in [1.29, 1.82) is 0 Å². The Morgan fingerprint density at radius 3 is 2.60 bits per heavy atom. The van der Waals surface area contributed by atoms with Gasteiger partial charge in [-0.2, -0.15) is 5.10 Å². The molecule has 3 heterocycles. The van der Waals surface area contributed by atoms with Crippen LogP contribution in [-0.4, -0.2) is 36.8 Å². The minimum atomic E-state index is -0.605. The zero-order valence-corrected chi connectivity index (χ0v) is 20.5. The van der Waals surface area contributed by atoms with Crippen LogP contribution in [0.4, 0.5) is 0 Å². The van der Waals surface area contributed by atoms with Crippen molar-refractivity contribution in [3.8, 4) is 5.69 Å². The van der Waals surface area contributed by atoms with E-state index < -0.39 is 11.2 Å². The number of pyridine rings is 1. The van der Waals surface area contributed by atoms with Crippen LogP contribution in [0.25, 0.3) is 16.7 Å². The molecule has 2 N–H and O–H groups in total. The number of aryl methyl sites for hydroxylation is 3. The molecule has 9 nitrogen and oxygen atoms in total. The molecule has 182 valence electrons. The van der Waals surface area contributed by atoms with E-state index in [1.165, 1.54) is 4.57 Å². The quantitative estimate of drug-likeness (QED) is 0.381. The second-order valence-electron chi connectivity index (χ2n) is 8.83. The van der Waals surface area contributed by atoms with Gasteiger partial charge in [-0.25, -0.2) is 14.5 Å². The number of carbonyl (C=O) groups is 1. The lowest BCUT2D eigenvalue weighted by atomic mass is 10.0. The average Bonchev–Trinajstić information content (AvgIpc) is 3.22. The molecule has 4 aromatic rings. The molecule has 0 saturated carbocycles. The van der Waals surface area contributed by atoms with Crippen LogP contribution < -0.4 is 16.6 Å². The SMILES string of the molecule is CCn1c(=O)[nH]c(=O)c2c(C(=O)NCCCc3cn(-c4ccccc4)nc3C)cc(C(C)C)nc21. The molecule has 0 aliphatic carbocycles. The normalized spacial score (nSPS) is 11.3. The first-order chi connectivity index (χ1) is 16.8. The maximum atomic E-state index is 13.1. The van der Waals surface area contributed by atoms with Crippen molar-refractivity contribution >= 4 is 16.9 Å². The third kappa shape index (κ3) is 4.94. The van der Waals surface area contributed by atoms with Crippen LogP contribution in [-0.2, 0) is 13.0 Å². The summed E-state index contributed by atoms with van der Waals surface area (Å²) in [5, 5.41) is 7.66. The molecule has 0 unspecified atom stereocenters. The third-order valence-electron chi connectivity index (χ3n) is 6.05. The number of hydrogen-bond donors (Lipinski definition) is 2. The summed E-state index contributed by atoms with van der Waals surface area (Å²) in [5.41, 5.74) is 3.05. The minimum absolute atomic E-state index is 0.0229. The van der Waals surface area contributed by atoms with E-state index in [4.69, 9.17) is 0 Å². The highest BCUT2D eigenvalue weighted by molar-refractivity contribution is 6.05. The van der Waals surface area contributed by atoms with E-state index in [2.05, 4.69) is 20.4 Å². The highest BCUT2D eigenvalue weighted by Gasteiger charge is 2.20. The highest BCUT2D eigenvalue weighted by Crippen LogP contribution is 2.20. The van der Waals surface area contributed by atoms with Gasteiger partial charge in [-0.1, -0.05) is 32.0 Å². The van der Waals surface area contributed by atoms with Crippen LogP contribution >= 0.6 is 0 Å². The molecule has 0 spiro atoms. The number of rotatable bonds is 8. The lowest BCUT2D eigenvalue weighted by Gasteiger charge is -2.14. The number of amides is 1. The number of benzene rings is 1. The largest absolute Gasteiger partial charge is 0.352 e. The Bertz CT molecular complexity index is 1480. The summed E-state index contributed by atoms with van der Waals surface area (Å²) < 4.78 is 3.24. The fraction of sp³-hybridized carbons (Fsp3) is 0.346. The van der Waals surface area contributed by atoms with Crippen LogP contribution in [0.5, 0.6) is 0 Å². The number of nitrogens with zero attached hydrogens (tertiary/aromatic N) is 4. The van der Waals surface area contributed by atoms with Crippen molar-refractivity contribution in [3.63, 3.8) is 0 Å². The summed E-state index contributed by atoms with van der Waals surface area (Å²) in [6.45, 7) is 8.44. The number of aromatic amines is 1. The Balaban J connectivity index is 1.52. The lowest BCUT2D eigenvalue weighted by molar-refractivity contribution is 0.0954. The zero-order chi connectivity index (χ0) is 25.1. The molecule has 0 aliphatic heterocycles. The fourth-order valence-electron chi connectivity index (χ4n) is 4.09. The minimum Gasteiger partial charge on any atom is -0.352 e. The molecule has 1 aromatic carbocycles. The van der Waals surface area contributed by atoms with Crippen molar-refractivity contribution in [1.82, 2.24) is 29.6 Å². The Morgan fingerprint density at radius 2 is 1.91 bits per heavy atom. The van der Waals surface area contributed by atoms with E-state index in [-0.39, 0.29) is 28.4 Å². The van der Waals surface area contributed by atoms with Crippen LogP contribution in [0.15, 0.2) is 52.2 Å². The molecule has 9 heteroatoms. The van der Waals surface area contributed by atoms with Gasteiger partial charge in [0.1, 0.15) is 0 Å². The van der Waals surface area contributed by atoms with E-state index in [0.29, 0.717) is 25.2 Å². The molecule has 0 atom stereocenters. The van der Waals surface area contributed by atoms with E-state index >= 15 is 0 Å². The van der Waals surface area contributed by atoms with Crippen LogP contribution in [0, 0.1) is 6.92 Å². The summed E-state index contributed by atoms with van der Waals surface area (Å²) in [4.78, 5) is 44.9. The molecule has 1 amide bonds. The van der Waals surface area contributed by atoms with Crippen molar-refractivity contribution in [2.75, 3.05) is 6.54 Å². The van der Waals surface area contributed by atoms with Gasteiger partial charge in [0.15, 0.2) is 5.65 Å². The van der Waals surface area contributed by atoms with Crippen molar-refractivity contribution < 1.29 is 4.79 Å². The van der Waals surface area contributed by atoms with Gasteiger partial charge in [0.05, 0.1) is 22.3 Å². The smallest absolute Gasteiger partial charge is 0.329 e. The van der Waals surface area contributed by atoms with Gasteiger partial charge in [-0.05, 0) is 56.4 Å². The summed E-state index contributed by atoms with van der Waals surface area (Å²) in [6, 6.07) is 11.6. The fourth-order valence-corrected chi connectivity index (χ4v) is 4.09. The molecule has 0 radical (unpaired) electrons. The number of fused-ring (bicyclic) bond motifs is 1. The number of nitrogens with one attached hydrogen (secondary N) is 2. The summed E-state index contributed by atoms with van der Waals surface area (Å²) in [5.74, 6) is -0.336. The van der Waals surface area contributed by atoms with Crippen LogP contribution in [0.3, 0.4) is 0 Å². The first-order valence-corrected chi connectivity index (χ1v) is 11.9. The predicted octanol–water partition coefficient (Wildman–Crippen LogP) is 3.08. The molecule has 35 heavy (non-hydrogen) atoms. The van der Waals surface area contributed by atoms with E-state index in [1.54, 1.807) is 13.0 Å². The zero-order valence-electron chi connectivity index (χ0n) is 20.5. The molecule has 0 saturated heterocycles. The number of aromatic nitrogens is 5. The first kappa shape index (κ1) is 24.1. The molecule has 3 aromatic heterocycles. The maximum Gasteiger partial charge on any atom is 0.329 e. The van der Waals surface area contributed by atoms with Crippen LogP contribution in [0.1, 0.15) is 60.4 Å². The van der Waals surface area contributed by atoms with Gasteiger partial charge in [0, 0.05) is 25.0 Å². The number of H-pyrrole nitrogens is 1. The van der Waals surface area contributed by atoms with E-state index in [0.717, 1.165) is 23.4 Å². The van der Waals surface area contributed by atoms with Gasteiger partial charge >= 0.3 is 5.69 Å². The van der Waals surface area contributed by atoms with Crippen molar-refractivity contribution in [3.05, 3.63) is 85.9 Å².